The van der Waals surface area contributed by atoms with Crippen molar-refractivity contribution in [3.8, 4) is 0 Å². The van der Waals surface area contributed by atoms with E-state index in [1.54, 1.807) is 11.1 Å². The summed E-state index contributed by atoms with van der Waals surface area (Å²) in [6.45, 7) is 6.70. The van der Waals surface area contributed by atoms with Gasteiger partial charge in [0.2, 0.25) is 5.91 Å². The third-order valence-electron chi connectivity index (χ3n) is 5.75. The van der Waals surface area contributed by atoms with Crippen molar-refractivity contribution in [1.29, 1.82) is 0 Å². The van der Waals surface area contributed by atoms with Gasteiger partial charge < -0.3 is 15.5 Å². The van der Waals surface area contributed by atoms with Crippen LogP contribution < -0.4 is 10.6 Å². The van der Waals surface area contributed by atoms with Crippen LogP contribution in [0.4, 0.5) is 0 Å². The molecule has 1 aliphatic heterocycles. The highest BCUT2D eigenvalue weighted by Gasteiger charge is 2.20. The number of carbonyl (C=O) groups is 1. The molecule has 0 unspecified atom stereocenters. The number of aromatic nitrogens is 1. The first-order valence-electron chi connectivity index (χ1n) is 11.6. The van der Waals surface area contributed by atoms with Crippen molar-refractivity contribution < 1.29 is 4.79 Å². The minimum absolute atomic E-state index is 0. The lowest BCUT2D eigenvalue weighted by Crippen LogP contribution is -2.48. The lowest BCUT2D eigenvalue weighted by Gasteiger charge is -2.33. The summed E-state index contributed by atoms with van der Waals surface area (Å²) >= 11 is 0. The molecule has 0 spiro atoms. The molecule has 0 radical (unpaired) electrons. The fourth-order valence-electron chi connectivity index (χ4n) is 3.81. The summed E-state index contributed by atoms with van der Waals surface area (Å²) in [5.74, 6) is 0.733. The number of hydrogen-bond acceptors (Lipinski definition) is 4. The zero-order chi connectivity index (χ0) is 22.6. The Hall–Kier alpha value is -2.20. The first kappa shape index (κ1) is 27.0. The van der Waals surface area contributed by atoms with Crippen molar-refractivity contribution in [3.63, 3.8) is 0 Å². The fourth-order valence-corrected chi connectivity index (χ4v) is 3.81. The van der Waals surface area contributed by atoms with Crippen LogP contribution in [0.2, 0.25) is 0 Å². The number of pyridine rings is 1. The van der Waals surface area contributed by atoms with Gasteiger partial charge in [0.05, 0.1) is 0 Å². The highest BCUT2D eigenvalue weighted by atomic mass is 127. The number of amides is 1. The van der Waals surface area contributed by atoms with E-state index in [-0.39, 0.29) is 36.4 Å². The molecule has 1 fully saturated rings. The maximum absolute atomic E-state index is 12.5. The van der Waals surface area contributed by atoms with E-state index >= 15 is 0 Å². The lowest BCUT2D eigenvalue weighted by molar-refractivity contribution is -0.128. The van der Waals surface area contributed by atoms with Crippen molar-refractivity contribution in [2.45, 2.75) is 38.8 Å². The summed E-state index contributed by atoms with van der Waals surface area (Å²) < 4.78 is 0. The molecule has 3 rings (SSSR count). The van der Waals surface area contributed by atoms with Crippen LogP contribution in [-0.4, -0.2) is 72.5 Å². The summed E-state index contributed by atoms with van der Waals surface area (Å²) in [6, 6.07) is 16.8. The summed E-state index contributed by atoms with van der Waals surface area (Å²) in [6.07, 6.45) is 4.65. The van der Waals surface area contributed by atoms with Gasteiger partial charge in [-0.25, -0.2) is 4.99 Å². The van der Waals surface area contributed by atoms with E-state index in [9.17, 15) is 4.79 Å². The van der Waals surface area contributed by atoms with Gasteiger partial charge in [0.15, 0.2) is 5.96 Å². The zero-order valence-electron chi connectivity index (χ0n) is 19.7. The van der Waals surface area contributed by atoms with Gasteiger partial charge in [-0.15, -0.1) is 24.0 Å². The molecule has 0 atom stereocenters. The van der Waals surface area contributed by atoms with E-state index in [1.165, 1.54) is 5.56 Å². The molecule has 33 heavy (non-hydrogen) atoms. The van der Waals surface area contributed by atoms with Crippen molar-refractivity contribution in [3.05, 3.63) is 66.0 Å². The third-order valence-corrected chi connectivity index (χ3v) is 5.75. The maximum atomic E-state index is 12.5. The monoisotopic (exact) mass is 564 g/mol. The van der Waals surface area contributed by atoms with Crippen LogP contribution in [0.25, 0.3) is 0 Å². The number of guanidine groups is 1. The number of likely N-dealkylation sites (N-methyl/N-ethyl adjacent to an activating group) is 1. The minimum Gasteiger partial charge on any atom is -0.357 e. The molecule has 1 aromatic heterocycles. The number of piperidine rings is 1. The summed E-state index contributed by atoms with van der Waals surface area (Å²) in [7, 11) is 1.82. The van der Waals surface area contributed by atoms with Crippen LogP contribution in [0.3, 0.4) is 0 Å². The number of likely N-dealkylation sites (tertiary alicyclic amines) is 1. The Balaban J connectivity index is 0.00000385. The molecule has 8 heteroatoms. The van der Waals surface area contributed by atoms with E-state index in [0.29, 0.717) is 12.6 Å². The van der Waals surface area contributed by atoms with Crippen LogP contribution in [-0.2, 0) is 17.8 Å². The van der Waals surface area contributed by atoms with Gasteiger partial charge in [-0.05, 0) is 37.5 Å². The van der Waals surface area contributed by atoms with Crippen molar-refractivity contribution >= 4 is 35.8 Å². The van der Waals surface area contributed by atoms with Gasteiger partial charge in [0, 0.05) is 64.1 Å². The van der Waals surface area contributed by atoms with Crippen LogP contribution in [0, 0.1) is 0 Å². The van der Waals surface area contributed by atoms with Gasteiger partial charge in [0.25, 0.3) is 0 Å². The number of hydrogen-bond donors (Lipinski definition) is 2. The quantitative estimate of drug-likeness (QED) is 0.279. The maximum Gasteiger partial charge on any atom is 0.244 e. The summed E-state index contributed by atoms with van der Waals surface area (Å²) in [4.78, 5) is 25.6. The molecule has 1 saturated heterocycles. The fraction of sp³-hybridized carbons (Fsp3) is 0.480. The van der Waals surface area contributed by atoms with E-state index in [0.717, 1.165) is 57.1 Å². The topological polar surface area (TPSA) is 72.9 Å². The number of nitrogens with zero attached hydrogens (tertiary/aromatic N) is 4. The molecule has 0 bridgehead atoms. The average molecular weight is 565 g/mol. The predicted octanol–water partition coefficient (Wildman–Crippen LogP) is 2.92. The van der Waals surface area contributed by atoms with Crippen LogP contribution in [0.5, 0.6) is 0 Å². The second-order valence-electron chi connectivity index (χ2n) is 8.26. The minimum atomic E-state index is 0. The SMILES string of the molecule is CCNC(=NCC(=O)N(C)CCc1ccccn1)NC1CCN(Cc2ccccc2)CC1.I. The highest BCUT2D eigenvalue weighted by Crippen LogP contribution is 2.13. The number of aliphatic imine (C=N–C) groups is 1. The largest absolute Gasteiger partial charge is 0.357 e. The molecule has 1 amide bonds. The molecular weight excluding hydrogens is 527 g/mol. The molecule has 1 aromatic carbocycles. The number of nitrogens with one attached hydrogen (secondary N) is 2. The van der Waals surface area contributed by atoms with Crippen molar-refractivity contribution in [2.75, 3.05) is 39.8 Å². The third kappa shape index (κ3) is 9.67. The van der Waals surface area contributed by atoms with Gasteiger partial charge in [-0.2, -0.15) is 0 Å². The Kier molecular flexibility index (Phi) is 12.2. The smallest absolute Gasteiger partial charge is 0.244 e. The Labute approximate surface area is 215 Å². The molecule has 0 saturated carbocycles. The standard InChI is InChI=1S/C25H36N6O.HI/c1-3-26-25(28-19-24(32)30(2)16-12-22-11-7-8-15-27-22)29-23-13-17-31(18-14-23)20-21-9-5-4-6-10-21;/h4-11,15,23H,3,12-14,16-20H2,1-2H3,(H2,26,28,29);1H. The second-order valence-corrected chi connectivity index (χ2v) is 8.26. The Morgan fingerprint density at radius 2 is 1.88 bits per heavy atom. The van der Waals surface area contributed by atoms with Gasteiger partial charge in [0.1, 0.15) is 6.54 Å². The Bertz CT molecular complexity index is 840. The predicted molar refractivity (Wildman–Crippen MR) is 145 cm³/mol. The van der Waals surface area contributed by atoms with Crippen LogP contribution in [0.1, 0.15) is 31.0 Å². The molecule has 180 valence electrons. The molecule has 7 nitrogen and oxygen atoms in total. The number of carbonyl (C=O) groups excluding carboxylic acids is 1. The van der Waals surface area contributed by atoms with E-state index in [2.05, 4.69) is 55.8 Å². The van der Waals surface area contributed by atoms with Gasteiger partial charge in [-0.3, -0.25) is 14.7 Å². The second kappa shape index (κ2) is 14.8. The number of rotatable bonds is 9. The molecule has 1 aliphatic rings. The van der Waals surface area contributed by atoms with Crippen molar-refractivity contribution in [1.82, 2.24) is 25.4 Å². The first-order valence-corrected chi connectivity index (χ1v) is 11.6. The molecule has 2 aromatic rings. The first-order chi connectivity index (χ1) is 15.6. The number of halogens is 1. The van der Waals surface area contributed by atoms with Gasteiger partial charge >= 0.3 is 0 Å². The van der Waals surface area contributed by atoms with Crippen LogP contribution in [0.15, 0.2) is 59.7 Å². The van der Waals surface area contributed by atoms with E-state index in [1.807, 2.05) is 32.2 Å². The highest BCUT2D eigenvalue weighted by molar-refractivity contribution is 14.0. The average Bonchev–Trinajstić information content (AvgIpc) is 2.83. The summed E-state index contributed by atoms with van der Waals surface area (Å²) in [5.41, 5.74) is 2.35. The zero-order valence-corrected chi connectivity index (χ0v) is 22.1. The molecular formula is C25H37IN6O. The van der Waals surface area contributed by atoms with Gasteiger partial charge in [-0.1, -0.05) is 36.4 Å². The summed E-state index contributed by atoms with van der Waals surface area (Å²) in [5, 5.41) is 6.80. The lowest BCUT2D eigenvalue weighted by atomic mass is 10.0. The van der Waals surface area contributed by atoms with Crippen LogP contribution >= 0.6 is 24.0 Å². The van der Waals surface area contributed by atoms with E-state index in [4.69, 9.17) is 0 Å². The normalized spacial score (nSPS) is 14.9. The Morgan fingerprint density at radius 3 is 2.55 bits per heavy atom. The number of benzene rings is 1. The molecule has 0 aliphatic carbocycles. The van der Waals surface area contributed by atoms with E-state index < -0.39 is 0 Å². The van der Waals surface area contributed by atoms with Crippen molar-refractivity contribution in [2.24, 2.45) is 4.99 Å². The molecule has 2 heterocycles. The molecule has 2 N–H and O–H groups in total. The Morgan fingerprint density at radius 1 is 1.15 bits per heavy atom.